The first-order valence-electron chi connectivity index (χ1n) is 8.08. The van der Waals surface area contributed by atoms with Crippen molar-refractivity contribution >= 4 is 5.91 Å². The minimum absolute atomic E-state index is 0.134. The second-order valence-corrected chi connectivity index (χ2v) is 6.09. The number of furan rings is 1. The number of rotatable bonds is 4. The summed E-state index contributed by atoms with van der Waals surface area (Å²) in [4.78, 5) is 14.8. The van der Waals surface area contributed by atoms with Crippen LogP contribution in [0.15, 0.2) is 4.42 Å². The number of hydrogen-bond donors (Lipinski definition) is 1. The molecule has 1 aliphatic rings. The molecule has 1 aromatic rings. The van der Waals surface area contributed by atoms with E-state index < -0.39 is 0 Å². The maximum Gasteiger partial charge on any atom is 0.257 e. The lowest BCUT2D eigenvalue weighted by Gasteiger charge is -2.38. The Morgan fingerprint density at radius 3 is 2.52 bits per heavy atom. The minimum Gasteiger partial charge on any atom is -0.466 e. The zero-order valence-corrected chi connectivity index (χ0v) is 14.0. The fourth-order valence-electron chi connectivity index (χ4n) is 3.43. The van der Waals surface area contributed by atoms with E-state index in [0.717, 1.165) is 55.1 Å². The molecule has 1 saturated heterocycles. The maximum atomic E-state index is 12.8. The molecule has 1 fully saturated rings. The number of amides is 1. The molecule has 1 N–H and O–H groups in total. The highest BCUT2D eigenvalue weighted by molar-refractivity contribution is 5.97. The van der Waals surface area contributed by atoms with Crippen molar-refractivity contribution in [2.24, 2.45) is 5.92 Å². The van der Waals surface area contributed by atoms with E-state index in [1.165, 1.54) is 0 Å². The Kier molecular flexibility index (Phi) is 5.09. The first-order valence-corrected chi connectivity index (χ1v) is 8.08. The minimum atomic E-state index is 0.134. The molecule has 4 nitrogen and oxygen atoms in total. The third-order valence-electron chi connectivity index (χ3n) is 4.79. The predicted octanol–water partition coefficient (Wildman–Crippen LogP) is 3.06. The van der Waals surface area contributed by atoms with Gasteiger partial charge < -0.3 is 14.6 Å². The number of carbonyl (C=O) groups is 1. The number of nitrogens with zero attached hydrogens (tertiary/aromatic N) is 1. The lowest BCUT2D eigenvalue weighted by atomic mass is 9.89. The number of nitrogens with one attached hydrogen (secondary N) is 1. The molecule has 1 aromatic heterocycles. The zero-order valence-electron chi connectivity index (χ0n) is 14.0. The summed E-state index contributed by atoms with van der Waals surface area (Å²) in [6.07, 6.45) is 2.14. The highest BCUT2D eigenvalue weighted by Crippen LogP contribution is 2.26. The molecule has 0 saturated carbocycles. The predicted molar refractivity (Wildman–Crippen MR) is 84.7 cm³/mol. The SMILES string of the molecule is CCNC1CCN(C(=O)c2c(C)oc(C)c2C)CC1CC. The second kappa shape index (κ2) is 6.65. The lowest BCUT2D eigenvalue weighted by Crippen LogP contribution is -2.51. The van der Waals surface area contributed by atoms with Crippen LogP contribution in [0.3, 0.4) is 0 Å². The summed E-state index contributed by atoms with van der Waals surface area (Å²) in [5, 5.41) is 3.56. The van der Waals surface area contributed by atoms with Crippen LogP contribution in [-0.4, -0.2) is 36.5 Å². The van der Waals surface area contributed by atoms with Gasteiger partial charge in [-0.3, -0.25) is 4.79 Å². The zero-order chi connectivity index (χ0) is 15.6. The van der Waals surface area contributed by atoms with Gasteiger partial charge in [0, 0.05) is 24.7 Å². The summed E-state index contributed by atoms with van der Waals surface area (Å²) in [7, 11) is 0. The van der Waals surface area contributed by atoms with Crippen molar-refractivity contribution in [2.75, 3.05) is 19.6 Å². The fourth-order valence-corrected chi connectivity index (χ4v) is 3.43. The summed E-state index contributed by atoms with van der Waals surface area (Å²) in [6.45, 7) is 12.8. The third-order valence-corrected chi connectivity index (χ3v) is 4.79. The van der Waals surface area contributed by atoms with Crippen molar-refractivity contribution in [3.8, 4) is 0 Å². The number of carbonyl (C=O) groups excluding carboxylic acids is 1. The Balaban J connectivity index is 2.14. The number of likely N-dealkylation sites (tertiary alicyclic amines) is 1. The van der Waals surface area contributed by atoms with Gasteiger partial charge in [-0.05, 0) is 39.7 Å². The van der Waals surface area contributed by atoms with Crippen molar-refractivity contribution < 1.29 is 9.21 Å². The molecule has 0 aliphatic carbocycles. The Morgan fingerprint density at radius 1 is 1.29 bits per heavy atom. The van der Waals surface area contributed by atoms with Crippen LogP contribution in [-0.2, 0) is 0 Å². The van der Waals surface area contributed by atoms with Crippen LogP contribution >= 0.6 is 0 Å². The number of piperidine rings is 1. The third kappa shape index (κ3) is 3.15. The standard InChI is InChI=1S/C17H28N2O2/c1-6-14-10-19(9-8-15(14)18-7-2)17(20)16-11(3)12(4)21-13(16)5/h14-15,18H,6-10H2,1-5H3. The summed E-state index contributed by atoms with van der Waals surface area (Å²) in [5.74, 6) is 2.27. The van der Waals surface area contributed by atoms with Gasteiger partial charge in [0.1, 0.15) is 11.5 Å². The van der Waals surface area contributed by atoms with E-state index in [9.17, 15) is 4.79 Å². The van der Waals surface area contributed by atoms with Gasteiger partial charge in [0.05, 0.1) is 5.56 Å². The Morgan fingerprint density at radius 2 is 2.00 bits per heavy atom. The van der Waals surface area contributed by atoms with E-state index in [1.807, 2.05) is 25.7 Å². The molecule has 0 aromatic carbocycles. The smallest absolute Gasteiger partial charge is 0.257 e. The van der Waals surface area contributed by atoms with E-state index in [0.29, 0.717) is 12.0 Å². The molecule has 1 amide bonds. The molecular weight excluding hydrogens is 264 g/mol. The Labute approximate surface area is 127 Å². The summed E-state index contributed by atoms with van der Waals surface area (Å²) in [6, 6.07) is 0.539. The Hall–Kier alpha value is -1.29. The monoisotopic (exact) mass is 292 g/mol. The van der Waals surface area contributed by atoms with Crippen molar-refractivity contribution in [3.63, 3.8) is 0 Å². The highest BCUT2D eigenvalue weighted by Gasteiger charge is 2.32. The molecule has 2 heterocycles. The summed E-state index contributed by atoms with van der Waals surface area (Å²) < 4.78 is 5.61. The van der Waals surface area contributed by atoms with E-state index in [2.05, 4.69) is 19.2 Å². The molecular formula is C17H28N2O2. The van der Waals surface area contributed by atoms with Gasteiger partial charge in [-0.15, -0.1) is 0 Å². The second-order valence-electron chi connectivity index (χ2n) is 6.09. The average Bonchev–Trinajstić information content (AvgIpc) is 2.72. The molecule has 2 unspecified atom stereocenters. The molecule has 0 spiro atoms. The molecule has 1 aliphatic heterocycles. The molecule has 21 heavy (non-hydrogen) atoms. The molecule has 2 atom stereocenters. The normalized spacial score (nSPS) is 22.6. The summed E-state index contributed by atoms with van der Waals surface area (Å²) in [5.41, 5.74) is 1.75. The van der Waals surface area contributed by atoms with Crippen LogP contribution in [0.1, 0.15) is 54.1 Å². The van der Waals surface area contributed by atoms with Crippen LogP contribution in [0.4, 0.5) is 0 Å². The van der Waals surface area contributed by atoms with Gasteiger partial charge >= 0.3 is 0 Å². The quantitative estimate of drug-likeness (QED) is 0.927. The van der Waals surface area contributed by atoms with Crippen molar-refractivity contribution in [2.45, 2.75) is 53.5 Å². The fraction of sp³-hybridized carbons (Fsp3) is 0.706. The van der Waals surface area contributed by atoms with Crippen LogP contribution in [0.5, 0.6) is 0 Å². The molecule has 0 radical (unpaired) electrons. The van der Waals surface area contributed by atoms with Crippen molar-refractivity contribution in [1.82, 2.24) is 10.2 Å². The largest absolute Gasteiger partial charge is 0.466 e. The molecule has 4 heteroatoms. The lowest BCUT2D eigenvalue weighted by molar-refractivity contribution is 0.0625. The number of hydrogen-bond acceptors (Lipinski definition) is 3. The van der Waals surface area contributed by atoms with Crippen LogP contribution in [0.25, 0.3) is 0 Å². The van der Waals surface area contributed by atoms with E-state index in [1.54, 1.807) is 0 Å². The first kappa shape index (κ1) is 16.1. The molecule has 118 valence electrons. The van der Waals surface area contributed by atoms with Crippen LogP contribution < -0.4 is 5.32 Å². The summed E-state index contributed by atoms with van der Waals surface area (Å²) >= 11 is 0. The van der Waals surface area contributed by atoms with Gasteiger partial charge in [0.15, 0.2) is 0 Å². The number of aryl methyl sites for hydroxylation is 2. The van der Waals surface area contributed by atoms with Gasteiger partial charge in [-0.2, -0.15) is 0 Å². The van der Waals surface area contributed by atoms with E-state index >= 15 is 0 Å². The first-order chi connectivity index (χ1) is 9.99. The average molecular weight is 292 g/mol. The van der Waals surface area contributed by atoms with Crippen molar-refractivity contribution in [3.05, 3.63) is 22.6 Å². The van der Waals surface area contributed by atoms with Crippen molar-refractivity contribution in [1.29, 1.82) is 0 Å². The molecule has 0 bridgehead atoms. The maximum absolute atomic E-state index is 12.8. The van der Waals surface area contributed by atoms with Gasteiger partial charge in [-0.1, -0.05) is 20.3 Å². The van der Waals surface area contributed by atoms with Crippen LogP contribution in [0.2, 0.25) is 0 Å². The van der Waals surface area contributed by atoms with Crippen LogP contribution in [0, 0.1) is 26.7 Å². The highest BCUT2D eigenvalue weighted by atomic mass is 16.3. The Bertz CT molecular complexity index is 507. The van der Waals surface area contributed by atoms with Gasteiger partial charge in [0.2, 0.25) is 0 Å². The topological polar surface area (TPSA) is 45.5 Å². The van der Waals surface area contributed by atoms with Gasteiger partial charge in [-0.25, -0.2) is 0 Å². The molecule has 2 rings (SSSR count). The van der Waals surface area contributed by atoms with E-state index in [-0.39, 0.29) is 5.91 Å². The van der Waals surface area contributed by atoms with E-state index in [4.69, 9.17) is 4.42 Å². The van der Waals surface area contributed by atoms with Gasteiger partial charge in [0.25, 0.3) is 5.91 Å².